The van der Waals surface area contributed by atoms with Crippen LogP contribution in [0.1, 0.15) is 6.42 Å². The number of fused-ring (bicyclic) bond motifs is 1. The Hall–Kier alpha value is -4.51. The highest BCUT2D eigenvalue weighted by Crippen LogP contribution is 2.41. The fourth-order valence-electron chi connectivity index (χ4n) is 4.47. The lowest BCUT2D eigenvalue weighted by Crippen LogP contribution is -2.53. The Kier molecular flexibility index (Phi) is 6.69. The lowest BCUT2D eigenvalue weighted by atomic mass is 10.00. The minimum atomic E-state index is -0.293. The van der Waals surface area contributed by atoms with E-state index in [2.05, 4.69) is 61.0 Å². The molecule has 2 N–H and O–H groups in total. The second kappa shape index (κ2) is 10.2. The van der Waals surface area contributed by atoms with Crippen molar-refractivity contribution in [2.24, 2.45) is 0 Å². The van der Waals surface area contributed by atoms with Crippen LogP contribution in [0.15, 0.2) is 61.8 Å². The van der Waals surface area contributed by atoms with E-state index in [-0.39, 0.29) is 5.91 Å². The molecule has 0 bridgehead atoms. The molecule has 4 aromatic rings. The third-order valence-corrected chi connectivity index (χ3v) is 6.30. The van der Waals surface area contributed by atoms with Crippen LogP contribution in [0.25, 0.3) is 16.9 Å². The van der Waals surface area contributed by atoms with Crippen LogP contribution in [-0.2, 0) is 4.79 Å². The Bertz CT molecular complexity index is 1450. The molecule has 1 aliphatic heterocycles. The number of carbonyl (C=O) groups is 1. The van der Waals surface area contributed by atoms with E-state index >= 15 is 0 Å². The first-order valence-electron chi connectivity index (χ1n) is 11.9. The first-order chi connectivity index (χ1) is 18.0. The van der Waals surface area contributed by atoms with Crippen molar-refractivity contribution in [1.82, 2.24) is 29.4 Å². The van der Waals surface area contributed by atoms with Crippen molar-refractivity contribution in [2.75, 3.05) is 49.8 Å². The van der Waals surface area contributed by atoms with Gasteiger partial charge in [-0.05, 0) is 44.8 Å². The van der Waals surface area contributed by atoms with Gasteiger partial charge >= 0.3 is 0 Å². The Morgan fingerprint density at radius 2 is 2.14 bits per heavy atom. The summed E-state index contributed by atoms with van der Waals surface area (Å²) in [5, 5.41) is 7.16. The molecular formula is C26H29N9O2. The topological polar surface area (TPSA) is 113 Å². The summed E-state index contributed by atoms with van der Waals surface area (Å²) in [7, 11) is 5.72. The maximum absolute atomic E-state index is 12.3. The van der Waals surface area contributed by atoms with E-state index in [1.54, 1.807) is 19.5 Å². The van der Waals surface area contributed by atoms with Gasteiger partial charge < -0.3 is 25.2 Å². The van der Waals surface area contributed by atoms with E-state index in [1.165, 1.54) is 12.4 Å². The number of aromatic nitrogens is 5. The van der Waals surface area contributed by atoms with Gasteiger partial charge in [0.25, 0.3) is 0 Å². The van der Waals surface area contributed by atoms with Gasteiger partial charge in [-0.3, -0.25) is 14.3 Å². The zero-order valence-electron chi connectivity index (χ0n) is 21.0. The number of methoxy groups -OCH3 is 1. The molecule has 0 saturated carbocycles. The minimum absolute atomic E-state index is 0.293. The molecule has 1 saturated heterocycles. The van der Waals surface area contributed by atoms with Gasteiger partial charge in [0.15, 0.2) is 0 Å². The number of ether oxygens (including phenoxy) is 1. The van der Waals surface area contributed by atoms with Crippen LogP contribution in [0, 0.1) is 0 Å². The summed E-state index contributed by atoms with van der Waals surface area (Å²) in [6.07, 6.45) is 9.19. The molecule has 4 heterocycles. The molecule has 0 radical (unpaired) electrons. The number of carbonyl (C=O) groups excluding carboxylic acids is 1. The van der Waals surface area contributed by atoms with Crippen molar-refractivity contribution in [3.8, 4) is 11.7 Å². The Morgan fingerprint density at radius 1 is 1.27 bits per heavy atom. The van der Waals surface area contributed by atoms with E-state index < -0.39 is 0 Å². The summed E-state index contributed by atoms with van der Waals surface area (Å²) in [6, 6.07) is 7.96. The van der Waals surface area contributed by atoms with Gasteiger partial charge in [0.05, 0.1) is 29.7 Å². The van der Waals surface area contributed by atoms with Crippen molar-refractivity contribution in [2.45, 2.75) is 12.5 Å². The molecule has 1 aliphatic rings. The van der Waals surface area contributed by atoms with Crippen LogP contribution >= 0.6 is 0 Å². The van der Waals surface area contributed by atoms with Crippen molar-refractivity contribution in [3.05, 3.63) is 61.8 Å². The number of nitrogens with one attached hydrogen (secondary N) is 2. The number of amides is 1. The van der Waals surface area contributed by atoms with E-state index in [9.17, 15) is 4.79 Å². The van der Waals surface area contributed by atoms with Gasteiger partial charge in [0, 0.05) is 49.2 Å². The third kappa shape index (κ3) is 4.94. The summed E-state index contributed by atoms with van der Waals surface area (Å²) in [6.45, 7) is 5.40. The molecule has 1 aromatic carbocycles. The number of nitrogens with zero attached hydrogens (tertiary/aromatic N) is 7. The summed E-state index contributed by atoms with van der Waals surface area (Å²) < 4.78 is 7.59. The quantitative estimate of drug-likeness (QED) is 0.335. The van der Waals surface area contributed by atoms with Gasteiger partial charge in [-0.25, -0.2) is 9.97 Å². The Morgan fingerprint density at radius 3 is 2.86 bits per heavy atom. The van der Waals surface area contributed by atoms with Crippen molar-refractivity contribution >= 4 is 39.8 Å². The average molecular weight is 500 g/mol. The van der Waals surface area contributed by atoms with E-state index in [0.717, 1.165) is 36.1 Å². The Balaban J connectivity index is 1.49. The third-order valence-electron chi connectivity index (χ3n) is 6.30. The van der Waals surface area contributed by atoms with Gasteiger partial charge in [-0.1, -0.05) is 6.58 Å². The summed E-state index contributed by atoms with van der Waals surface area (Å²) in [5.41, 5.74) is 3.08. The predicted molar refractivity (Wildman–Crippen MR) is 144 cm³/mol. The first-order valence-corrected chi connectivity index (χ1v) is 11.9. The smallest absolute Gasteiger partial charge is 0.247 e. The molecule has 1 fully saturated rings. The van der Waals surface area contributed by atoms with Gasteiger partial charge in [0.2, 0.25) is 17.8 Å². The number of hydrogen-bond acceptors (Lipinski definition) is 9. The number of hydrogen-bond donors (Lipinski definition) is 2. The molecule has 3 aromatic heterocycles. The highest BCUT2D eigenvalue weighted by molar-refractivity contribution is 6.02. The fraction of sp³-hybridized carbons (Fsp3) is 0.269. The number of pyridine rings is 1. The van der Waals surface area contributed by atoms with Crippen LogP contribution in [0.4, 0.5) is 23.0 Å². The maximum atomic E-state index is 12.3. The van der Waals surface area contributed by atoms with Crippen LogP contribution in [0.3, 0.4) is 0 Å². The summed E-state index contributed by atoms with van der Waals surface area (Å²) in [5.74, 6) is 1.10. The molecule has 11 nitrogen and oxygen atoms in total. The van der Waals surface area contributed by atoms with Crippen molar-refractivity contribution in [1.29, 1.82) is 0 Å². The number of likely N-dealkylation sites (N-methyl/N-ethyl adjacent to an activating group) is 1. The molecule has 5 rings (SSSR count). The average Bonchev–Trinajstić information content (AvgIpc) is 3.32. The SMILES string of the molecule is C=CC(=O)Nc1cc(Nc2ncnc(-n3ccc4cnccc43)n2)c(OC)cc1N1CC[C@@H]1CN(C)C. The van der Waals surface area contributed by atoms with Crippen LogP contribution in [0.5, 0.6) is 5.75 Å². The lowest BCUT2D eigenvalue weighted by Gasteiger charge is -2.45. The molecule has 1 amide bonds. The van der Waals surface area contributed by atoms with E-state index in [1.807, 2.05) is 35.0 Å². The number of rotatable bonds is 9. The zero-order chi connectivity index (χ0) is 25.9. The van der Waals surface area contributed by atoms with E-state index in [4.69, 9.17) is 4.74 Å². The standard InChI is InChI=1S/C26H29N9O2/c1-5-24(36)30-19-12-20(23(37-4)13-22(19)34-11-8-18(34)15-33(2)3)31-25-28-16-29-26(32-25)35-10-7-17-14-27-9-6-21(17)35/h5-7,9-10,12-14,16,18H,1,8,11,15H2,2-4H3,(H,30,36)(H,28,29,31,32)/t18-/m1/s1. The first kappa shape index (κ1) is 24.2. The molecule has 11 heteroatoms. The van der Waals surface area contributed by atoms with Gasteiger partial charge in [0.1, 0.15) is 12.1 Å². The molecule has 190 valence electrons. The van der Waals surface area contributed by atoms with Crippen LogP contribution in [0.2, 0.25) is 0 Å². The molecular weight excluding hydrogens is 470 g/mol. The Labute approximate surface area is 214 Å². The number of anilines is 4. The van der Waals surface area contributed by atoms with Gasteiger partial charge in [-0.15, -0.1) is 0 Å². The second-order valence-corrected chi connectivity index (χ2v) is 9.02. The highest BCUT2D eigenvalue weighted by Gasteiger charge is 2.31. The molecule has 0 aliphatic carbocycles. The monoisotopic (exact) mass is 499 g/mol. The second-order valence-electron chi connectivity index (χ2n) is 9.02. The number of benzene rings is 1. The summed E-state index contributed by atoms with van der Waals surface area (Å²) in [4.78, 5) is 34.1. The molecule has 0 unspecified atom stereocenters. The zero-order valence-corrected chi connectivity index (χ0v) is 21.0. The minimum Gasteiger partial charge on any atom is -0.494 e. The van der Waals surface area contributed by atoms with Crippen LogP contribution < -0.4 is 20.3 Å². The largest absolute Gasteiger partial charge is 0.494 e. The molecule has 0 spiro atoms. The lowest BCUT2D eigenvalue weighted by molar-refractivity contribution is -0.111. The van der Waals surface area contributed by atoms with E-state index in [0.29, 0.717) is 35.1 Å². The predicted octanol–water partition coefficient (Wildman–Crippen LogP) is 3.23. The van der Waals surface area contributed by atoms with Crippen LogP contribution in [-0.4, -0.2) is 75.6 Å². The normalized spacial score (nSPS) is 14.9. The van der Waals surface area contributed by atoms with Gasteiger partial charge in [-0.2, -0.15) is 4.98 Å². The highest BCUT2D eigenvalue weighted by atomic mass is 16.5. The molecule has 1 atom stereocenters. The molecule has 37 heavy (non-hydrogen) atoms. The van der Waals surface area contributed by atoms with Crippen molar-refractivity contribution < 1.29 is 9.53 Å². The summed E-state index contributed by atoms with van der Waals surface area (Å²) >= 11 is 0. The van der Waals surface area contributed by atoms with Crippen molar-refractivity contribution in [3.63, 3.8) is 0 Å². The fourth-order valence-corrected chi connectivity index (χ4v) is 4.47. The maximum Gasteiger partial charge on any atom is 0.247 e.